The van der Waals surface area contributed by atoms with Crippen molar-refractivity contribution in [3.8, 4) is 11.1 Å². The van der Waals surface area contributed by atoms with Gasteiger partial charge in [-0.25, -0.2) is 26.0 Å². The summed E-state index contributed by atoms with van der Waals surface area (Å²) < 4.78 is 56.1. The number of aromatic nitrogens is 2. The molecular formula is C59H43N2O6S2+. The van der Waals surface area contributed by atoms with Crippen molar-refractivity contribution in [3.05, 3.63) is 275 Å². The fourth-order valence-corrected chi connectivity index (χ4v) is 11.9. The van der Waals surface area contributed by atoms with Crippen LogP contribution in [0.3, 0.4) is 0 Å². The van der Waals surface area contributed by atoms with Crippen LogP contribution in [-0.4, -0.2) is 22.6 Å². The van der Waals surface area contributed by atoms with Gasteiger partial charge < -0.3 is 5.11 Å². The minimum absolute atomic E-state index is 0.0441. The summed E-state index contributed by atoms with van der Waals surface area (Å²) in [4.78, 5) is 11.9. The van der Waals surface area contributed by atoms with Gasteiger partial charge in [0.25, 0.3) is 0 Å². The molecule has 0 N–H and O–H groups in total. The Labute approximate surface area is 400 Å². The van der Waals surface area contributed by atoms with Crippen LogP contribution in [0.5, 0.6) is 0 Å². The number of hydrogen-bond acceptors (Lipinski definition) is 6. The summed E-state index contributed by atoms with van der Waals surface area (Å²) >= 11 is 0. The highest BCUT2D eigenvalue weighted by atomic mass is 32.2. The second-order valence-corrected chi connectivity index (χ2v) is 20.4. The molecule has 9 aromatic rings. The molecule has 11 rings (SSSR count). The van der Waals surface area contributed by atoms with E-state index in [1.807, 2.05) is 0 Å². The highest BCUT2D eigenvalue weighted by molar-refractivity contribution is 7.97. The monoisotopic (exact) mass is 939 g/mol. The molecule has 69 heavy (non-hydrogen) atoms. The Morgan fingerprint density at radius 1 is 0.493 bits per heavy atom. The van der Waals surface area contributed by atoms with Crippen molar-refractivity contribution in [2.24, 2.45) is 0 Å². The summed E-state index contributed by atoms with van der Waals surface area (Å²) in [5.41, 5.74) is 6.42. The number of carbonyl (C=O) groups excluding carboxylic acids is 1. The van der Waals surface area contributed by atoms with Crippen molar-refractivity contribution in [2.45, 2.75) is 22.9 Å². The Kier molecular flexibility index (Phi) is 12.1. The molecule has 0 saturated heterocycles. The Morgan fingerprint density at radius 3 is 1.49 bits per heavy atom. The maximum atomic E-state index is 12.9. The number of nitrogens with zero attached hydrogens (tertiary/aromatic N) is 2. The third-order valence-electron chi connectivity index (χ3n) is 12.4. The molecule has 0 spiro atoms. The second-order valence-electron chi connectivity index (χ2n) is 16.7. The van der Waals surface area contributed by atoms with Gasteiger partial charge in [0.15, 0.2) is 37.9 Å². The molecule has 0 radical (unpaired) electrons. The Balaban J connectivity index is 0.000000160. The lowest BCUT2D eigenvalue weighted by molar-refractivity contribution is -0.688. The van der Waals surface area contributed by atoms with E-state index in [1.54, 1.807) is 54.6 Å². The normalized spacial score (nSPS) is 15.3. The van der Waals surface area contributed by atoms with Gasteiger partial charge in [-0.3, -0.25) is 4.79 Å². The van der Waals surface area contributed by atoms with Gasteiger partial charge in [-0.1, -0.05) is 164 Å². The summed E-state index contributed by atoms with van der Waals surface area (Å²) in [5, 5.41) is 18.0. The van der Waals surface area contributed by atoms with Gasteiger partial charge in [0.05, 0.1) is 14.7 Å². The van der Waals surface area contributed by atoms with Crippen LogP contribution in [-0.2, 0) is 32.8 Å². The van der Waals surface area contributed by atoms with E-state index in [-0.39, 0.29) is 30.7 Å². The number of carbonyl (C=O) groups is 1. The third kappa shape index (κ3) is 8.87. The first kappa shape index (κ1) is 44.5. The molecule has 0 atom stereocenters. The predicted molar refractivity (Wildman–Crippen MR) is 269 cm³/mol. The fourth-order valence-electron chi connectivity index (χ4n) is 8.83. The lowest BCUT2D eigenvalue weighted by Gasteiger charge is -2.08. The quantitative estimate of drug-likeness (QED) is 0.0809. The summed E-state index contributed by atoms with van der Waals surface area (Å²) in [6.45, 7) is 1.73. The molecule has 8 nitrogen and oxygen atoms in total. The van der Waals surface area contributed by atoms with Gasteiger partial charge in [-0.05, 0) is 79.7 Å². The van der Waals surface area contributed by atoms with Crippen LogP contribution in [0.25, 0.3) is 44.0 Å². The maximum absolute atomic E-state index is 12.9. The standard InChI is InChI=1S/C32H26N2.C27H18O6S2/c1-3-13-31-27(7-1)9-5-11-29(31)23-33-19-15-25(16-20-33)26-17-21-34(22-18-26)24-30-12-6-10-28-8-2-4-14-32(28)30;28-26-20-10-4-6-12-22(20)34(30,31)24(26)16-14-19(18-8-2-1-3-9-18)15-17-25-27(29)21-11-5-7-13-23(21)35(25,32)33/h1-22H,23-24H2;1-17,28H/q+2;/p-1. The topological polar surface area (TPSA) is 116 Å². The van der Waals surface area contributed by atoms with Gasteiger partial charge in [-0.15, -0.1) is 0 Å². The summed E-state index contributed by atoms with van der Waals surface area (Å²) in [6, 6.07) is 59.9. The molecule has 0 amide bonds. The lowest BCUT2D eigenvalue weighted by Crippen LogP contribution is -2.33. The van der Waals surface area contributed by atoms with E-state index in [0.717, 1.165) is 13.1 Å². The van der Waals surface area contributed by atoms with Crippen LogP contribution in [0.2, 0.25) is 0 Å². The average molecular weight is 940 g/mol. The summed E-state index contributed by atoms with van der Waals surface area (Å²) in [7, 11) is -7.96. The molecule has 336 valence electrons. The highest BCUT2D eigenvalue weighted by Crippen LogP contribution is 2.38. The van der Waals surface area contributed by atoms with Crippen molar-refractivity contribution >= 4 is 58.3 Å². The number of rotatable bonds is 9. The van der Waals surface area contributed by atoms with E-state index in [4.69, 9.17) is 0 Å². The molecule has 2 aliphatic heterocycles. The molecule has 2 aromatic heterocycles. The lowest BCUT2D eigenvalue weighted by atomic mass is 10.0. The van der Waals surface area contributed by atoms with Crippen molar-refractivity contribution in [1.29, 1.82) is 0 Å². The molecule has 0 fully saturated rings. The SMILES string of the molecule is O=C1C(=CC=C(C=CC2=C([O-])c3ccccc3S2(=O)=O)c2ccccc2)S(=O)(=O)c2ccccc21.c1ccc2c(C[n+]3ccc(-c4cc[n+](Cc5cccc6ccccc56)cc4)cc3)cccc2c1. The van der Waals surface area contributed by atoms with Gasteiger partial charge in [0.1, 0.15) is 4.91 Å². The zero-order chi connectivity index (χ0) is 47.5. The molecule has 0 saturated carbocycles. The van der Waals surface area contributed by atoms with Crippen LogP contribution in [0.15, 0.2) is 257 Å². The zero-order valence-electron chi connectivity index (χ0n) is 37.1. The van der Waals surface area contributed by atoms with Gasteiger partial charge >= 0.3 is 0 Å². The van der Waals surface area contributed by atoms with Crippen molar-refractivity contribution < 1.29 is 35.9 Å². The molecule has 7 aromatic carbocycles. The number of benzene rings is 7. The number of pyridine rings is 2. The number of ketones is 1. The molecule has 0 aliphatic carbocycles. The van der Waals surface area contributed by atoms with E-state index in [0.29, 0.717) is 11.1 Å². The highest BCUT2D eigenvalue weighted by Gasteiger charge is 2.38. The van der Waals surface area contributed by atoms with E-state index < -0.39 is 31.2 Å². The number of hydrogen-bond donors (Lipinski definition) is 0. The number of fused-ring (bicyclic) bond motifs is 4. The minimum atomic E-state index is -3.98. The van der Waals surface area contributed by atoms with E-state index in [1.165, 1.54) is 92.4 Å². The van der Waals surface area contributed by atoms with Crippen LogP contribution in [0.1, 0.15) is 32.6 Å². The largest absolute Gasteiger partial charge is 0.871 e. The van der Waals surface area contributed by atoms with Gasteiger partial charge in [0, 0.05) is 41.0 Å². The zero-order valence-corrected chi connectivity index (χ0v) is 38.7. The smallest absolute Gasteiger partial charge is 0.211 e. The summed E-state index contributed by atoms with van der Waals surface area (Å²) in [6.07, 6.45) is 14.0. The Bertz CT molecular complexity index is 3690. The molecule has 10 heteroatoms. The van der Waals surface area contributed by atoms with E-state index in [2.05, 4.69) is 143 Å². The van der Waals surface area contributed by atoms with Crippen molar-refractivity contribution in [2.75, 3.05) is 0 Å². The molecule has 0 bridgehead atoms. The first-order valence-electron chi connectivity index (χ1n) is 22.3. The molecule has 0 unspecified atom stereocenters. The minimum Gasteiger partial charge on any atom is -0.871 e. The number of allylic oxidation sites excluding steroid dienone is 6. The Hall–Kier alpha value is -8.31. The maximum Gasteiger partial charge on any atom is 0.211 e. The third-order valence-corrected chi connectivity index (χ3v) is 16.1. The molecule has 2 aliphatic rings. The van der Waals surface area contributed by atoms with Crippen LogP contribution >= 0.6 is 0 Å². The average Bonchev–Trinajstić information content (AvgIpc) is 3.71. The van der Waals surface area contributed by atoms with Crippen molar-refractivity contribution in [3.63, 3.8) is 0 Å². The first-order chi connectivity index (χ1) is 33.6. The molecular weight excluding hydrogens is 897 g/mol. The van der Waals surface area contributed by atoms with Gasteiger partial charge in [-0.2, -0.15) is 0 Å². The number of sulfone groups is 2. The molecule has 4 heterocycles. The fraction of sp³-hybridized carbons (Fsp3) is 0.0339. The van der Waals surface area contributed by atoms with Crippen LogP contribution < -0.4 is 14.2 Å². The first-order valence-corrected chi connectivity index (χ1v) is 25.2. The summed E-state index contributed by atoms with van der Waals surface area (Å²) in [5.74, 6) is -1.21. The predicted octanol–water partition coefficient (Wildman–Crippen LogP) is 10.0. The Morgan fingerprint density at radius 2 is 0.957 bits per heavy atom. The van der Waals surface area contributed by atoms with E-state index >= 15 is 0 Å². The van der Waals surface area contributed by atoms with Crippen molar-refractivity contribution in [1.82, 2.24) is 0 Å². The van der Waals surface area contributed by atoms with Crippen LogP contribution in [0.4, 0.5) is 0 Å². The van der Waals surface area contributed by atoms with Crippen LogP contribution in [0, 0.1) is 0 Å². The second kappa shape index (κ2) is 18.8. The van der Waals surface area contributed by atoms with Gasteiger partial charge in [0.2, 0.25) is 25.5 Å². The van der Waals surface area contributed by atoms with E-state index in [9.17, 15) is 26.7 Å². The number of Topliss-reactive ketones (excluding diaryl/α,β-unsaturated/α-hetero) is 1.